The van der Waals surface area contributed by atoms with Crippen LogP contribution in [-0.2, 0) is 6.42 Å². The average molecular weight is 475 g/mol. The van der Waals surface area contributed by atoms with Gasteiger partial charge in [0.1, 0.15) is 6.17 Å². The standard InChI is InChI=1S/C29H44F2N2O/c1-3-5-7-9-10-11-12-13-15-24-22-32-29(33-23-24)25-17-18-28(27(31)21-25)34-20-19-26(30)16-14-8-6-4-2/h17-18,21-23,26H,3-16,19-20H2,1-2H3. The van der Waals surface area contributed by atoms with Gasteiger partial charge in [-0.25, -0.2) is 18.7 Å². The largest absolute Gasteiger partial charge is 0.490 e. The molecule has 5 heteroatoms. The Labute approximate surface area is 205 Å². The van der Waals surface area contributed by atoms with Crippen molar-refractivity contribution in [2.45, 2.75) is 116 Å². The van der Waals surface area contributed by atoms with E-state index in [2.05, 4.69) is 23.8 Å². The molecule has 0 aliphatic rings. The molecule has 3 nitrogen and oxygen atoms in total. The SMILES string of the molecule is CCCCCCCCCCc1cnc(-c2ccc(OCCC(F)CCCCCC)c(F)c2)nc1. The van der Waals surface area contributed by atoms with Crippen molar-refractivity contribution in [3.63, 3.8) is 0 Å². The minimum atomic E-state index is -0.892. The quantitative estimate of drug-likeness (QED) is 0.190. The van der Waals surface area contributed by atoms with Crippen molar-refractivity contribution < 1.29 is 13.5 Å². The third kappa shape index (κ3) is 11.4. The van der Waals surface area contributed by atoms with Crippen LogP contribution < -0.4 is 4.74 Å². The summed E-state index contributed by atoms with van der Waals surface area (Å²) in [5.41, 5.74) is 1.73. The molecule has 2 rings (SSSR count). The van der Waals surface area contributed by atoms with Crippen molar-refractivity contribution in [3.05, 3.63) is 42.0 Å². The van der Waals surface area contributed by atoms with Crippen LogP contribution in [0.25, 0.3) is 11.4 Å². The van der Waals surface area contributed by atoms with Gasteiger partial charge in [0.25, 0.3) is 0 Å². The fourth-order valence-electron chi connectivity index (χ4n) is 4.09. The van der Waals surface area contributed by atoms with Crippen LogP contribution >= 0.6 is 0 Å². The van der Waals surface area contributed by atoms with E-state index >= 15 is 0 Å². The minimum Gasteiger partial charge on any atom is -0.490 e. The Morgan fingerprint density at radius 1 is 0.794 bits per heavy atom. The lowest BCUT2D eigenvalue weighted by molar-refractivity contribution is 0.217. The number of hydrogen-bond donors (Lipinski definition) is 0. The molecule has 190 valence electrons. The molecular formula is C29H44F2N2O. The van der Waals surface area contributed by atoms with Crippen molar-refractivity contribution in [1.29, 1.82) is 0 Å². The van der Waals surface area contributed by atoms with Crippen LogP contribution in [0.2, 0.25) is 0 Å². The first-order valence-corrected chi connectivity index (χ1v) is 13.5. The summed E-state index contributed by atoms with van der Waals surface area (Å²) in [6.07, 6.45) is 19.2. The molecule has 0 saturated carbocycles. The van der Waals surface area contributed by atoms with E-state index in [1.54, 1.807) is 12.1 Å². The molecule has 0 aliphatic carbocycles. The molecule has 0 amide bonds. The number of halogens is 2. The van der Waals surface area contributed by atoms with Crippen LogP contribution in [0.5, 0.6) is 5.75 Å². The normalized spacial score (nSPS) is 12.1. The molecule has 34 heavy (non-hydrogen) atoms. The van der Waals surface area contributed by atoms with Crippen LogP contribution in [0.15, 0.2) is 30.6 Å². The molecule has 1 heterocycles. The number of nitrogens with zero attached hydrogens (tertiary/aromatic N) is 2. The molecule has 2 aromatic rings. The highest BCUT2D eigenvalue weighted by molar-refractivity contribution is 5.56. The smallest absolute Gasteiger partial charge is 0.165 e. The van der Waals surface area contributed by atoms with Crippen LogP contribution in [0.3, 0.4) is 0 Å². The minimum absolute atomic E-state index is 0.147. The number of benzene rings is 1. The lowest BCUT2D eigenvalue weighted by Gasteiger charge is -2.11. The van der Waals surface area contributed by atoms with E-state index in [4.69, 9.17) is 4.74 Å². The first-order valence-electron chi connectivity index (χ1n) is 13.5. The first-order chi connectivity index (χ1) is 16.6. The fraction of sp³-hybridized carbons (Fsp3) is 0.655. The summed E-state index contributed by atoms with van der Waals surface area (Å²) in [7, 11) is 0. The molecule has 0 radical (unpaired) electrons. The van der Waals surface area contributed by atoms with Crippen molar-refractivity contribution in [2.75, 3.05) is 6.61 Å². The van der Waals surface area contributed by atoms with E-state index in [1.165, 1.54) is 51.0 Å². The predicted molar refractivity (Wildman–Crippen MR) is 138 cm³/mol. The third-order valence-corrected chi connectivity index (χ3v) is 6.27. The molecule has 0 bridgehead atoms. The molecule has 1 aromatic heterocycles. The lowest BCUT2D eigenvalue weighted by atomic mass is 10.1. The second-order valence-electron chi connectivity index (χ2n) is 9.37. The van der Waals surface area contributed by atoms with Gasteiger partial charge in [-0.2, -0.15) is 0 Å². The Bertz CT molecular complexity index is 782. The molecule has 1 aromatic carbocycles. The molecule has 0 N–H and O–H groups in total. The van der Waals surface area contributed by atoms with E-state index in [9.17, 15) is 8.78 Å². The molecule has 0 spiro atoms. The van der Waals surface area contributed by atoms with Gasteiger partial charge >= 0.3 is 0 Å². The van der Waals surface area contributed by atoms with Crippen LogP contribution in [0.1, 0.15) is 109 Å². The Kier molecular flexibility index (Phi) is 14.4. The van der Waals surface area contributed by atoms with E-state index in [-0.39, 0.29) is 18.8 Å². The summed E-state index contributed by atoms with van der Waals surface area (Å²) in [6, 6.07) is 4.72. The molecule has 0 saturated heterocycles. The summed E-state index contributed by atoms with van der Waals surface area (Å²) < 4.78 is 33.9. The zero-order valence-electron chi connectivity index (χ0n) is 21.3. The van der Waals surface area contributed by atoms with Gasteiger partial charge < -0.3 is 4.74 Å². The van der Waals surface area contributed by atoms with E-state index in [1.807, 2.05) is 12.4 Å². The molecule has 1 unspecified atom stereocenters. The number of aryl methyl sites for hydroxylation is 1. The fourth-order valence-corrected chi connectivity index (χ4v) is 4.09. The first kappa shape index (κ1) is 28.2. The molecule has 0 fully saturated rings. The number of ether oxygens (including phenoxy) is 1. The summed E-state index contributed by atoms with van der Waals surface area (Å²) in [5, 5.41) is 0. The number of alkyl halides is 1. The number of hydrogen-bond acceptors (Lipinski definition) is 3. The predicted octanol–water partition coefficient (Wildman–Crippen LogP) is 9.04. The van der Waals surface area contributed by atoms with Gasteiger partial charge in [0.05, 0.1) is 6.61 Å². The van der Waals surface area contributed by atoms with Gasteiger partial charge in [-0.05, 0) is 43.0 Å². The zero-order chi connectivity index (χ0) is 24.4. The number of aromatic nitrogens is 2. The van der Waals surface area contributed by atoms with Crippen molar-refractivity contribution >= 4 is 0 Å². The van der Waals surface area contributed by atoms with Crippen LogP contribution in [0.4, 0.5) is 8.78 Å². The van der Waals surface area contributed by atoms with Gasteiger partial charge in [-0.15, -0.1) is 0 Å². The Balaban J connectivity index is 1.71. The summed E-state index contributed by atoms with van der Waals surface area (Å²) in [5.74, 6) is 0.178. The van der Waals surface area contributed by atoms with Gasteiger partial charge in [-0.3, -0.25) is 0 Å². The van der Waals surface area contributed by atoms with Gasteiger partial charge in [0.2, 0.25) is 0 Å². The van der Waals surface area contributed by atoms with Gasteiger partial charge in [0, 0.05) is 24.4 Å². The average Bonchev–Trinajstić information content (AvgIpc) is 2.85. The van der Waals surface area contributed by atoms with Gasteiger partial charge in [0.15, 0.2) is 17.4 Å². The number of rotatable bonds is 19. The highest BCUT2D eigenvalue weighted by Crippen LogP contribution is 2.24. The number of unbranched alkanes of at least 4 members (excludes halogenated alkanes) is 10. The zero-order valence-corrected chi connectivity index (χ0v) is 21.3. The highest BCUT2D eigenvalue weighted by atomic mass is 19.1. The van der Waals surface area contributed by atoms with Crippen molar-refractivity contribution in [2.24, 2.45) is 0 Å². The maximum Gasteiger partial charge on any atom is 0.165 e. The third-order valence-electron chi connectivity index (χ3n) is 6.27. The molecular weight excluding hydrogens is 430 g/mol. The lowest BCUT2D eigenvalue weighted by Crippen LogP contribution is -2.08. The maximum atomic E-state index is 14.5. The van der Waals surface area contributed by atoms with Gasteiger partial charge in [-0.1, -0.05) is 84.5 Å². The van der Waals surface area contributed by atoms with Crippen molar-refractivity contribution in [3.8, 4) is 17.1 Å². The Morgan fingerprint density at radius 2 is 1.41 bits per heavy atom. The maximum absolute atomic E-state index is 14.5. The molecule has 0 aliphatic heterocycles. The van der Waals surface area contributed by atoms with Crippen LogP contribution in [-0.4, -0.2) is 22.7 Å². The van der Waals surface area contributed by atoms with Crippen molar-refractivity contribution in [1.82, 2.24) is 9.97 Å². The highest BCUT2D eigenvalue weighted by Gasteiger charge is 2.11. The summed E-state index contributed by atoms with van der Waals surface area (Å²) in [4.78, 5) is 8.85. The summed E-state index contributed by atoms with van der Waals surface area (Å²) >= 11 is 0. The Hall–Kier alpha value is -2.04. The summed E-state index contributed by atoms with van der Waals surface area (Å²) in [6.45, 7) is 4.56. The Morgan fingerprint density at radius 3 is 2.06 bits per heavy atom. The topological polar surface area (TPSA) is 35.0 Å². The molecule has 1 atom stereocenters. The van der Waals surface area contributed by atoms with E-state index in [0.29, 0.717) is 17.8 Å². The monoisotopic (exact) mass is 474 g/mol. The second-order valence-corrected chi connectivity index (χ2v) is 9.37. The second kappa shape index (κ2) is 17.4. The van der Waals surface area contributed by atoms with E-state index in [0.717, 1.165) is 44.1 Å². The van der Waals surface area contributed by atoms with Crippen LogP contribution in [0, 0.1) is 5.82 Å². The van der Waals surface area contributed by atoms with E-state index < -0.39 is 12.0 Å².